The van der Waals surface area contributed by atoms with Crippen molar-refractivity contribution in [3.05, 3.63) is 206 Å². The highest BCUT2D eigenvalue weighted by Gasteiger charge is 2.43. The Hall–Kier alpha value is -7.40. The first-order chi connectivity index (χ1) is 30.6. The lowest BCUT2D eigenvalue weighted by Crippen LogP contribution is -2.54. The van der Waals surface area contributed by atoms with Crippen molar-refractivity contribution in [2.75, 3.05) is 9.80 Å². The molecule has 10 aromatic carbocycles. The van der Waals surface area contributed by atoms with Gasteiger partial charge in [-0.3, -0.25) is 0 Å². The van der Waals surface area contributed by atoms with Gasteiger partial charge in [-0.05, 0) is 139 Å². The van der Waals surface area contributed by atoms with Gasteiger partial charge in [0.05, 0.1) is 0 Å². The van der Waals surface area contributed by atoms with E-state index in [0.29, 0.717) is 0 Å². The van der Waals surface area contributed by atoms with Crippen molar-refractivity contribution in [3.63, 3.8) is 0 Å². The Balaban J connectivity index is 1.06. The summed E-state index contributed by atoms with van der Waals surface area (Å²) in [6.45, 7) is 4.85. The quantitative estimate of drug-likeness (QED) is 0.113. The van der Waals surface area contributed by atoms with Gasteiger partial charge < -0.3 is 14.2 Å². The molecular weight excluding hydrogens is 769 g/mol. The second-order valence-electron chi connectivity index (χ2n) is 16.7. The zero-order valence-electron chi connectivity index (χ0n) is 34.8. The van der Waals surface area contributed by atoms with Crippen molar-refractivity contribution >= 4 is 107 Å². The Labute approximate surface area is 362 Å². The number of anilines is 6. The molecule has 0 spiro atoms. The third-order valence-corrected chi connectivity index (χ3v) is 19.0. The molecule has 1 aliphatic rings. The number of para-hydroxylation sites is 3. The van der Waals surface area contributed by atoms with Gasteiger partial charge in [-0.1, -0.05) is 147 Å². The number of furan rings is 1. The number of hydrogen-bond acceptors (Lipinski definition) is 3. The van der Waals surface area contributed by atoms with Gasteiger partial charge in [0.25, 0.3) is 0 Å². The molecule has 1 aromatic heterocycles. The fraction of sp³-hybridized carbons (Fsp3) is 0.0690. The second kappa shape index (κ2) is 14.4. The standard InChI is InChI=1S/C58H44N2OSi/c1-3-62(4-2)57-37-43(59(39-17-7-5-8-18-39)40-19-9-6-10-20-40)28-32-51(57)52-33-29-44(38-58(52)62)60(42-30-34-56-54(36-42)50-25-15-16-26-55(50)61-56)41-27-31-49-47-23-12-11-21-45(47)46-22-13-14-24-48(46)53(49)35-41/h5-38H,3-4H2,1-2H3. The summed E-state index contributed by atoms with van der Waals surface area (Å²) >= 11 is 0. The van der Waals surface area contributed by atoms with Crippen LogP contribution in [0.2, 0.25) is 12.1 Å². The highest BCUT2D eigenvalue weighted by atomic mass is 28.3. The van der Waals surface area contributed by atoms with Crippen molar-refractivity contribution in [1.29, 1.82) is 0 Å². The average molecular weight is 813 g/mol. The van der Waals surface area contributed by atoms with Gasteiger partial charge in [-0.2, -0.15) is 0 Å². The maximum Gasteiger partial charge on any atom is 0.135 e. The lowest BCUT2D eigenvalue weighted by molar-refractivity contribution is 0.669. The van der Waals surface area contributed by atoms with Gasteiger partial charge in [-0.15, -0.1) is 0 Å². The van der Waals surface area contributed by atoms with E-state index in [2.05, 4.69) is 224 Å². The molecule has 62 heavy (non-hydrogen) atoms. The first-order valence-corrected chi connectivity index (χ1v) is 24.3. The monoisotopic (exact) mass is 812 g/mol. The molecular formula is C58H44N2OSi. The number of fused-ring (bicyclic) bond motifs is 12. The van der Waals surface area contributed by atoms with Crippen molar-refractivity contribution in [2.24, 2.45) is 0 Å². The molecule has 2 heterocycles. The highest BCUT2D eigenvalue weighted by molar-refractivity contribution is 7.05. The lowest BCUT2D eigenvalue weighted by Gasteiger charge is -2.31. The Kier molecular flexibility index (Phi) is 8.44. The molecule has 0 atom stereocenters. The predicted molar refractivity (Wildman–Crippen MR) is 267 cm³/mol. The van der Waals surface area contributed by atoms with E-state index in [-0.39, 0.29) is 0 Å². The highest BCUT2D eigenvalue weighted by Crippen LogP contribution is 2.45. The first kappa shape index (κ1) is 36.4. The van der Waals surface area contributed by atoms with Crippen LogP contribution in [0.15, 0.2) is 211 Å². The summed E-state index contributed by atoms with van der Waals surface area (Å²) in [5.74, 6) is 0. The Morgan fingerprint density at radius 3 is 1.26 bits per heavy atom. The van der Waals surface area contributed by atoms with E-state index >= 15 is 0 Å². The van der Waals surface area contributed by atoms with Gasteiger partial charge in [0.15, 0.2) is 0 Å². The first-order valence-electron chi connectivity index (χ1n) is 21.9. The summed E-state index contributed by atoms with van der Waals surface area (Å²) in [5.41, 5.74) is 11.5. The van der Waals surface area contributed by atoms with Crippen LogP contribution in [0.4, 0.5) is 34.1 Å². The maximum absolute atomic E-state index is 6.36. The predicted octanol–water partition coefficient (Wildman–Crippen LogP) is 15.6. The molecule has 0 amide bonds. The van der Waals surface area contributed by atoms with Crippen LogP contribution in [0.25, 0.3) is 65.4 Å². The lowest BCUT2D eigenvalue weighted by atomic mass is 9.94. The molecule has 0 aliphatic carbocycles. The summed E-state index contributed by atoms with van der Waals surface area (Å²) < 4.78 is 6.36. The SMILES string of the molecule is CC[Si]1(CC)c2cc(N(c3ccccc3)c3ccccc3)ccc2-c2ccc(N(c3ccc4oc5ccccc5c4c3)c3ccc4c5ccccc5c5ccccc5c4c3)cc21. The summed E-state index contributed by atoms with van der Waals surface area (Å²) in [4.78, 5) is 4.89. The van der Waals surface area contributed by atoms with Crippen LogP contribution in [0.1, 0.15) is 13.8 Å². The van der Waals surface area contributed by atoms with Crippen molar-refractivity contribution in [2.45, 2.75) is 25.9 Å². The minimum atomic E-state index is -2.23. The molecule has 11 aromatic rings. The molecule has 3 nitrogen and oxygen atoms in total. The Bertz CT molecular complexity index is 3440. The van der Waals surface area contributed by atoms with Gasteiger partial charge >= 0.3 is 0 Å². The van der Waals surface area contributed by atoms with Crippen LogP contribution in [0, 0.1) is 0 Å². The number of benzene rings is 10. The summed E-state index contributed by atoms with van der Waals surface area (Å²) in [6, 6.07) is 78.2. The smallest absolute Gasteiger partial charge is 0.135 e. The summed E-state index contributed by atoms with van der Waals surface area (Å²) in [7, 11) is -2.23. The van der Waals surface area contributed by atoms with E-state index in [9.17, 15) is 0 Å². The van der Waals surface area contributed by atoms with Gasteiger partial charge in [0, 0.05) is 44.9 Å². The van der Waals surface area contributed by atoms with Crippen LogP contribution in [0.5, 0.6) is 0 Å². The third kappa shape index (κ3) is 5.50. The maximum atomic E-state index is 6.36. The van der Waals surface area contributed by atoms with Crippen LogP contribution >= 0.6 is 0 Å². The Morgan fingerprint density at radius 1 is 0.323 bits per heavy atom. The van der Waals surface area contributed by atoms with Crippen LogP contribution < -0.4 is 20.2 Å². The van der Waals surface area contributed by atoms with Crippen LogP contribution in [0.3, 0.4) is 0 Å². The minimum absolute atomic E-state index is 0.898. The zero-order chi connectivity index (χ0) is 41.4. The van der Waals surface area contributed by atoms with Crippen LogP contribution in [-0.2, 0) is 0 Å². The average Bonchev–Trinajstić information content (AvgIpc) is 3.85. The van der Waals surface area contributed by atoms with Crippen LogP contribution in [-0.4, -0.2) is 8.07 Å². The molecule has 4 heteroatoms. The number of hydrogen-bond donors (Lipinski definition) is 0. The normalized spacial score (nSPS) is 12.9. The summed E-state index contributed by atoms with van der Waals surface area (Å²) in [6.07, 6.45) is 0. The molecule has 0 N–H and O–H groups in total. The third-order valence-electron chi connectivity index (χ3n) is 13.7. The van der Waals surface area contributed by atoms with E-state index < -0.39 is 8.07 Å². The molecule has 1 aliphatic heterocycles. The Morgan fingerprint density at radius 2 is 0.710 bits per heavy atom. The fourth-order valence-corrected chi connectivity index (χ4v) is 15.3. The molecule has 0 unspecified atom stereocenters. The van der Waals surface area contributed by atoms with Gasteiger partial charge in [0.1, 0.15) is 19.2 Å². The fourth-order valence-electron chi connectivity index (χ4n) is 10.7. The van der Waals surface area contributed by atoms with E-state index in [1.165, 1.54) is 65.2 Å². The largest absolute Gasteiger partial charge is 0.456 e. The molecule has 12 rings (SSSR count). The summed E-state index contributed by atoms with van der Waals surface area (Å²) in [5, 5.41) is 12.9. The van der Waals surface area contributed by atoms with Gasteiger partial charge in [-0.25, -0.2) is 0 Å². The van der Waals surface area contributed by atoms with Crippen molar-refractivity contribution < 1.29 is 4.42 Å². The second-order valence-corrected chi connectivity index (χ2v) is 21.3. The number of rotatable bonds is 8. The van der Waals surface area contributed by atoms with Crippen molar-refractivity contribution in [1.82, 2.24) is 0 Å². The van der Waals surface area contributed by atoms with E-state index in [1.54, 1.807) is 0 Å². The van der Waals surface area contributed by atoms with Crippen molar-refractivity contribution in [3.8, 4) is 11.1 Å². The molecule has 296 valence electrons. The topological polar surface area (TPSA) is 19.6 Å². The van der Waals surface area contributed by atoms with E-state index in [1.807, 2.05) is 6.07 Å². The zero-order valence-corrected chi connectivity index (χ0v) is 35.8. The number of nitrogens with zero attached hydrogens (tertiary/aromatic N) is 2. The molecule has 0 radical (unpaired) electrons. The minimum Gasteiger partial charge on any atom is -0.456 e. The molecule has 0 saturated carbocycles. The molecule has 0 bridgehead atoms. The molecule has 0 fully saturated rings. The van der Waals surface area contributed by atoms with E-state index in [4.69, 9.17) is 4.42 Å². The van der Waals surface area contributed by atoms with Gasteiger partial charge in [0.2, 0.25) is 0 Å². The van der Waals surface area contributed by atoms with E-state index in [0.717, 1.165) is 56.8 Å². The molecule has 0 saturated heterocycles.